The fraction of sp³-hybridized carbons (Fsp3) is 0.455. The van der Waals surface area contributed by atoms with E-state index in [1.165, 1.54) is 16.7 Å². The Balaban J connectivity index is 1.60. The molecule has 1 aromatic heterocycles. The quantitative estimate of drug-likeness (QED) is 0.881. The third-order valence-corrected chi connectivity index (χ3v) is 5.37. The summed E-state index contributed by atoms with van der Waals surface area (Å²) in [5, 5.41) is 2.81. The first kappa shape index (κ1) is 19.4. The Hall–Kier alpha value is -2.40. The Kier molecular flexibility index (Phi) is 6.45. The summed E-state index contributed by atoms with van der Waals surface area (Å²) in [6, 6.07) is 12.7. The van der Waals surface area contributed by atoms with Gasteiger partial charge in [-0.2, -0.15) is 0 Å². The van der Waals surface area contributed by atoms with Crippen molar-refractivity contribution < 1.29 is 4.79 Å². The predicted octanol–water partition coefficient (Wildman–Crippen LogP) is 3.50. The average molecular weight is 367 g/mol. The van der Waals surface area contributed by atoms with Gasteiger partial charge in [0.15, 0.2) is 0 Å². The molecule has 1 aromatic carbocycles. The second-order valence-electron chi connectivity index (χ2n) is 7.45. The van der Waals surface area contributed by atoms with E-state index in [4.69, 9.17) is 0 Å². The summed E-state index contributed by atoms with van der Waals surface area (Å²) in [6.45, 7) is 7.73. The van der Waals surface area contributed by atoms with Crippen LogP contribution in [0.15, 0.2) is 42.6 Å². The van der Waals surface area contributed by atoms with Crippen molar-refractivity contribution in [1.82, 2.24) is 20.1 Å². The topological polar surface area (TPSA) is 48.5 Å². The number of nitrogens with one attached hydrogen (secondary N) is 1. The number of rotatable bonds is 5. The van der Waals surface area contributed by atoms with Crippen LogP contribution in [-0.2, 0) is 13.1 Å². The number of piperidine rings is 1. The molecule has 1 saturated heterocycles. The van der Waals surface area contributed by atoms with Crippen LogP contribution in [0, 0.1) is 13.8 Å². The van der Waals surface area contributed by atoms with Crippen LogP contribution in [0.4, 0.5) is 4.79 Å². The van der Waals surface area contributed by atoms with E-state index < -0.39 is 0 Å². The predicted molar refractivity (Wildman–Crippen MR) is 108 cm³/mol. The molecule has 27 heavy (non-hydrogen) atoms. The van der Waals surface area contributed by atoms with Gasteiger partial charge in [0.25, 0.3) is 0 Å². The van der Waals surface area contributed by atoms with Crippen molar-refractivity contribution in [1.29, 1.82) is 0 Å². The number of pyridine rings is 1. The summed E-state index contributed by atoms with van der Waals surface area (Å²) >= 11 is 0. The molecule has 5 nitrogen and oxygen atoms in total. The van der Waals surface area contributed by atoms with Gasteiger partial charge < -0.3 is 10.2 Å². The van der Waals surface area contributed by atoms with Crippen molar-refractivity contribution in [3.8, 4) is 0 Å². The van der Waals surface area contributed by atoms with Gasteiger partial charge in [-0.1, -0.05) is 36.4 Å². The Morgan fingerprint density at radius 1 is 1.22 bits per heavy atom. The zero-order chi connectivity index (χ0) is 19.2. The van der Waals surface area contributed by atoms with Crippen molar-refractivity contribution in [2.75, 3.05) is 20.1 Å². The van der Waals surface area contributed by atoms with E-state index in [1.54, 1.807) is 7.05 Å². The number of nitrogens with zero attached hydrogens (tertiary/aromatic N) is 3. The summed E-state index contributed by atoms with van der Waals surface area (Å²) in [6.07, 6.45) is 3.93. The summed E-state index contributed by atoms with van der Waals surface area (Å²) in [7, 11) is 1.71. The van der Waals surface area contributed by atoms with Crippen molar-refractivity contribution >= 4 is 6.03 Å². The maximum absolute atomic E-state index is 12.5. The van der Waals surface area contributed by atoms with E-state index in [1.807, 2.05) is 29.3 Å². The van der Waals surface area contributed by atoms with Gasteiger partial charge in [-0.05, 0) is 43.4 Å². The summed E-state index contributed by atoms with van der Waals surface area (Å²) in [5.41, 5.74) is 4.79. The second-order valence-corrected chi connectivity index (χ2v) is 7.45. The van der Waals surface area contributed by atoms with Gasteiger partial charge in [0.05, 0.1) is 5.69 Å². The van der Waals surface area contributed by atoms with Gasteiger partial charge in [0.1, 0.15) is 0 Å². The Bertz CT molecular complexity index is 754. The summed E-state index contributed by atoms with van der Waals surface area (Å²) in [5.74, 6) is 0. The fourth-order valence-electron chi connectivity index (χ4n) is 3.80. The van der Waals surface area contributed by atoms with E-state index in [2.05, 4.69) is 47.2 Å². The number of benzene rings is 1. The minimum Gasteiger partial charge on any atom is -0.341 e. The van der Waals surface area contributed by atoms with Crippen LogP contribution in [0.2, 0.25) is 0 Å². The molecule has 2 aromatic rings. The summed E-state index contributed by atoms with van der Waals surface area (Å²) < 4.78 is 0. The lowest BCUT2D eigenvalue weighted by atomic mass is 10.0. The molecule has 0 aliphatic carbocycles. The van der Waals surface area contributed by atoms with E-state index in [0.717, 1.165) is 38.2 Å². The number of carbonyl (C=O) groups is 1. The van der Waals surface area contributed by atoms with E-state index in [-0.39, 0.29) is 12.1 Å². The van der Waals surface area contributed by atoms with Crippen LogP contribution in [0.1, 0.15) is 35.2 Å². The second kappa shape index (κ2) is 9.00. The number of hydrogen-bond donors (Lipinski definition) is 1. The molecular formula is C22H30N4O. The normalized spacial score (nSPS) is 15.5. The van der Waals surface area contributed by atoms with Crippen LogP contribution in [0.3, 0.4) is 0 Å². The molecule has 1 aliphatic rings. The molecule has 5 heteroatoms. The highest BCUT2D eigenvalue weighted by Crippen LogP contribution is 2.21. The monoisotopic (exact) mass is 366 g/mol. The third kappa shape index (κ3) is 5.07. The number of urea groups is 1. The number of likely N-dealkylation sites (tertiary alicyclic amines) is 1. The average Bonchev–Trinajstić information content (AvgIpc) is 2.69. The first-order chi connectivity index (χ1) is 13.1. The van der Waals surface area contributed by atoms with Crippen LogP contribution in [-0.4, -0.2) is 47.0 Å². The third-order valence-electron chi connectivity index (χ3n) is 5.37. The van der Waals surface area contributed by atoms with Crippen LogP contribution < -0.4 is 5.32 Å². The lowest BCUT2D eigenvalue weighted by molar-refractivity contribution is 0.113. The van der Waals surface area contributed by atoms with E-state index in [9.17, 15) is 4.79 Å². The van der Waals surface area contributed by atoms with E-state index in [0.29, 0.717) is 6.54 Å². The molecule has 0 bridgehead atoms. The Morgan fingerprint density at radius 3 is 2.56 bits per heavy atom. The SMILES string of the molecule is CNC(=O)N(Cc1ccccc1)C1CCN(Cc2ncc(C)cc2C)CC1. The van der Waals surface area contributed by atoms with Crippen molar-refractivity contribution in [2.24, 2.45) is 0 Å². The van der Waals surface area contributed by atoms with Crippen molar-refractivity contribution in [2.45, 2.75) is 45.8 Å². The molecule has 2 amide bonds. The maximum Gasteiger partial charge on any atom is 0.317 e. The maximum atomic E-state index is 12.5. The highest BCUT2D eigenvalue weighted by molar-refractivity contribution is 5.74. The standard InChI is InChI=1S/C22H30N4O/c1-17-13-18(2)21(24-14-17)16-25-11-9-20(10-12-25)26(22(27)23-3)15-19-7-5-4-6-8-19/h4-8,13-14,20H,9-12,15-16H2,1-3H3,(H,23,27). The fourth-order valence-corrected chi connectivity index (χ4v) is 3.80. The Morgan fingerprint density at radius 2 is 1.93 bits per heavy atom. The highest BCUT2D eigenvalue weighted by atomic mass is 16.2. The molecule has 1 fully saturated rings. The molecule has 0 saturated carbocycles. The van der Waals surface area contributed by atoms with Gasteiger partial charge in [-0.3, -0.25) is 9.88 Å². The van der Waals surface area contributed by atoms with Crippen LogP contribution >= 0.6 is 0 Å². The number of hydrogen-bond acceptors (Lipinski definition) is 3. The van der Waals surface area contributed by atoms with Gasteiger partial charge >= 0.3 is 6.03 Å². The zero-order valence-electron chi connectivity index (χ0n) is 16.6. The van der Waals surface area contributed by atoms with Gasteiger partial charge in [-0.15, -0.1) is 0 Å². The highest BCUT2D eigenvalue weighted by Gasteiger charge is 2.28. The number of carbonyl (C=O) groups excluding carboxylic acids is 1. The minimum absolute atomic E-state index is 0.00773. The summed E-state index contributed by atoms with van der Waals surface area (Å²) in [4.78, 5) is 21.5. The number of aryl methyl sites for hydroxylation is 2. The molecule has 3 rings (SSSR count). The molecule has 144 valence electrons. The minimum atomic E-state index is 0.00773. The smallest absolute Gasteiger partial charge is 0.317 e. The Labute approximate surface area is 162 Å². The van der Waals surface area contributed by atoms with E-state index >= 15 is 0 Å². The molecule has 0 spiro atoms. The lowest BCUT2D eigenvalue weighted by Crippen LogP contribution is -2.49. The van der Waals surface area contributed by atoms with Crippen molar-refractivity contribution in [3.05, 3.63) is 65.0 Å². The van der Waals surface area contributed by atoms with Gasteiger partial charge in [0.2, 0.25) is 0 Å². The zero-order valence-corrected chi connectivity index (χ0v) is 16.6. The number of aromatic nitrogens is 1. The lowest BCUT2D eigenvalue weighted by Gasteiger charge is -2.38. The van der Waals surface area contributed by atoms with Gasteiger partial charge in [0, 0.05) is 45.5 Å². The molecule has 0 radical (unpaired) electrons. The van der Waals surface area contributed by atoms with Crippen molar-refractivity contribution in [3.63, 3.8) is 0 Å². The molecular weight excluding hydrogens is 336 g/mol. The van der Waals surface area contributed by atoms with Crippen LogP contribution in [0.5, 0.6) is 0 Å². The van der Waals surface area contributed by atoms with Gasteiger partial charge in [-0.25, -0.2) is 4.79 Å². The number of amides is 2. The molecule has 0 atom stereocenters. The molecule has 1 N–H and O–H groups in total. The largest absolute Gasteiger partial charge is 0.341 e. The molecule has 0 unspecified atom stereocenters. The molecule has 2 heterocycles. The first-order valence-electron chi connectivity index (χ1n) is 9.73. The van der Waals surface area contributed by atoms with Crippen LogP contribution in [0.25, 0.3) is 0 Å². The first-order valence-corrected chi connectivity index (χ1v) is 9.73. The molecule has 1 aliphatic heterocycles.